The molecule has 0 bridgehead atoms. The summed E-state index contributed by atoms with van der Waals surface area (Å²) in [5.74, 6) is 0.902. The summed E-state index contributed by atoms with van der Waals surface area (Å²) in [4.78, 5) is 2.48. The number of rotatable bonds is 4. The van der Waals surface area contributed by atoms with Crippen LogP contribution in [0.3, 0.4) is 0 Å². The van der Waals surface area contributed by atoms with Crippen molar-refractivity contribution < 1.29 is 4.74 Å². The van der Waals surface area contributed by atoms with Crippen molar-refractivity contribution in [1.82, 2.24) is 4.90 Å². The molecule has 0 radical (unpaired) electrons. The number of hydrogen-bond donors (Lipinski definition) is 0. The van der Waals surface area contributed by atoms with Crippen LogP contribution in [0.2, 0.25) is 0 Å². The van der Waals surface area contributed by atoms with Crippen molar-refractivity contribution >= 4 is 11.8 Å². The average Bonchev–Trinajstić information content (AvgIpc) is 3.08. The molecular formula is C19H21NO. The van der Waals surface area contributed by atoms with Crippen LogP contribution in [-0.2, 0) is 0 Å². The summed E-state index contributed by atoms with van der Waals surface area (Å²) in [6.07, 6.45) is 4.84. The molecule has 3 rings (SSSR count). The Bertz CT molecular complexity index is 595. The predicted molar refractivity (Wildman–Crippen MR) is 88.1 cm³/mol. The van der Waals surface area contributed by atoms with Crippen molar-refractivity contribution in [2.45, 2.75) is 12.8 Å². The topological polar surface area (TPSA) is 12.5 Å². The molecule has 1 saturated heterocycles. The summed E-state index contributed by atoms with van der Waals surface area (Å²) in [5.41, 5.74) is 3.80. The van der Waals surface area contributed by atoms with Crippen molar-refractivity contribution in [1.29, 1.82) is 0 Å². The third-order valence-electron chi connectivity index (χ3n) is 3.94. The van der Waals surface area contributed by atoms with Crippen molar-refractivity contribution in [3.05, 3.63) is 65.7 Å². The summed E-state index contributed by atoms with van der Waals surface area (Å²) in [6, 6.07) is 18.9. The number of likely N-dealkylation sites (tertiary alicyclic amines) is 1. The van der Waals surface area contributed by atoms with E-state index in [1.807, 2.05) is 12.1 Å². The van der Waals surface area contributed by atoms with Crippen molar-refractivity contribution in [3.8, 4) is 5.75 Å². The first-order chi connectivity index (χ1) is 10.4. The molecule has 0 atom stereocenters. The van der Waals surface area contributed by atoms with Gasteiger partial charge in [-0.1, -0.05) is 30.3 Å². The minimum absolute atomic E-state index is 0.902. The van der Waals surface area contributed by atoms with Crippen LogP contribution in [0, 0.1) is 0 Å². The first kappa shape index (κ1) is 13.7. The molecule has 1 aliphatic rings. The van der Waals surface area contributed by atoms with Gasteiger partial charge in [0, 0.05) is 18.8 Å². The van der Waals surface area contributed by atoms with Crippen LogP contribution >= 0.6 is 0 Å². The minimum Gasteiger partial charge on any atom is -0.497 e. The van der Waals surface area contributed by atoms with Crippen LogP contribution in [0.15, 0.2) is 54.6 Å². The van der Waals surface area contributed by atoms with Crippen LogP contribution < -0.4 is 4.74 Å². The molecule has 0 amide bonds. The van der Waals surface area contributed by atoms with Gasteiger partial charge in [0.15, 0.2) is 0 Å². The van der Waals surface area contributed by atoms with E-state index in [1.165, 1.54) is 29.7 Å². The first-order valence-electron chi connectivity index (χ1n) is 7.53. The van der Waals surface area contributed by atoms with Gasteiger partial charge >= 0.3 is 0 Å². The van der Waals surface area contributed by atoms with Gasteiger partial charge in [-0.25, -0.2) is 0 Å². The van der Waals surface area contributed by atoms with Crippen LogP contribution in [0.5, 0.6) is 5.75 Å². The summed E-state index contributed by atoms with van der Waals surface area (Å²) in [7, 11) is 1.70. The lowest BCUT2D eigenvalue weighted by Crippen LogP contribution is -2.17. The Hall–Kier alpha value is -2.22. The van der Waals surface area contributed by atoms with Crippen molar-refractivity contribution in [2.24, 2.45) is 0 Å². The second-order valence-electron chi connectivity index (χ2n) is 5.36. The van der Waals surface area contributed by atoms with E-state index in [4.69, 9.17) is 4.74 Å². The van der Waals surface area contributed by atoms with E-state index in [0.717, 1.165) is 18.8 Å². The zero-order valence-corrected chi connectivity index (χ0v) is 12.5. The van der Waals surface area contributed by atoms with Gasteiger partial charge in [0.1, 0.15) is 5.75 Å². The van der Waals surface area contributed by atoms with E-state index in [9.17, 15) is 0 Å². The van der Waals surface area contributed by atoms with Crippen LogP contribution in [0.4, 0.5) is 0 Å². The standard InChI is InChI=1S/C19H21NO/c1-21-18-11-9-17(10-12-18)19(20-13-5-6-14-20)15-16-7-3-2-4-8-16/h2-4,7-12,15H,5-6,13-14H2,1H3. The highest BCUT2D eigenvalue weighted by atomic mass is 16.5. The molecule has 0 spiro atoms. The molecule has 108 valence electrons. The zero-order valence-electron chi connectivity index (χ0n) is 12.5. The number of benzene rings is 2. The predicted octanol–water partition coefficient (Wildman–Crippen LogP) is 4.29. The fourth-order valence-electron chi connectivity index (χ4n) is 2.78. The van der Waals surface area contributed by atoms with Crippen molar-refractivity contribution in [2.75, 3.05) is 20.2 Å². The van der Waals surface area contributed by atoms with Gasteiger partial charge in [-0.2, -0.15) is 0 Å². The van der Waals surface area contributed by atoms with Gasteiger partial charge < -0.3 is 9.64 Å². The molecule has 2 nitrogen and oxygen atoms in total. The first-order valence-corrected chi connectivity index (χ1v) is 7.53. The molecule has 0 saturated carbocycles. The van der Waals surface area contributed by atoms with E-state index in [0.29, 0.717) is 0 Å². The summed E-state index contributed by atoms with van der Waals surface area (Å²) < 4.78 is 5.26. The third-order valence-corrected chi connectivity index (χ3v) is 3.94. The average molecular weight is 279 g/mol. The number of ether oxygens (including phenoxy) is 1. The lowest BCUT2D eigenvalue weighted by Gasteiger charge is -2.22. The van der Waals surface area contributed by atoms with E-state index >= 15 is 0 Å². The van der Waals surface area contributed by atoms with Gasteiger partial charge in [-0.3, -0.25) is 0 Å². The highest BCUT2D eigenvalue weighted by molar-refractivity contribution is 5.80. The summed E-state index contributed by atoms with van der Waals surface area (Å²) in [6.45, 7) is 2.29. The molecular weight excluding hydrogens is 258 g/mol. The third kappa shape index (κ3) is 3.27. The Labute approximate surface area is 126 Å². The van der Waals surface area contributed by atoms with E-state index in [-0.39, 0.29) is 0 Å². The zero-order chi connectivity index (χ0) is 14.5. The molecule has 0 aliphatic carbocycles. The van der Waals surface area contributed by atoms with Gasteiger partial charge in [-0.15, -0.1) is 0 Å². The van der Waals surface area contributed by atoms with Crippen molar-refractivity contribution in [3.63, 3.8) is 0 Å². The quantitative estimate of drug-likeness (QED) is 0.774. The van der Waals surface area contributed by atoms with E-state index < -0.39 is 0 Å². The van der Waals surface area contributed by atoms with Gasteiger partial charge in [0.2, 0.25) is 0 Å². The largest absolute Gasteiger partial charge is 0.497 e. The Kier molecular flexibility index (Phi) is 4.25. The molecule has 21 heavy (non-hydrogen) atoms. The molecule has 1 fully saturated rings. The van der Waals surface area contributed by atoms with E-state index in [2.05, 4.69) is 53.4 Å². The van der Waals surface area contributed by atoms with E-state index in [1.54, 1.807) is 7.11 Å². The van der Waals surface area contributed by atoms with Gasteiger partial charge in [-0.05, 0) is 54.3 Å². The normalized spacial score (nSPS) is 15.3. The Morgan fingerprint density at radius 1 is 0.952 bits per heavy atom. The van der Waals surface area contributed by atoms with Crippen LogP contribution in [-0.4, -0.2) is 25.1 Å². The Morgan fingerprint density at radius 2 is 1.62 bits per heavy atom. The Morgan fingerprint density at radius 3 is 2.24 bits per heavy atom. The smallest absolute Gasteiger partial charge is 0.118 e. The highest BCUT2D eigenvalue weighted by Gasteiger charge is 2.16. The highest BCUT2D eigenvalue weighted by Crippen LogP contribution is 2.27. The summed E-state index contributed by atoms with van der Waals surface area (Å²) >= 11 is 0. The van der Waals surface area contributed by atoms with Gasteiger partial charge in [0.25, 0.3) is 0 Å². The van der Waals surface area contributed by atoms with Crippen LogP contribution in [0.25, 0.3) is 11.8 Å². The molecule has 0 unspecified atom stereocenters. The second-order valence-corrected chi connectivity index (χ2v) is 5.36. The molecule has 0 aromatic heterocycles. The maximum Gasteiger partial charge on any atom is 0.118 e. The van der Waals surface area contributed by atoms with Crippen LogP contribution in [0.1, 0.15) is 24.0 Å². The lowest BCUT2D eigenvalue weighted by atomic mass is 10.1. The Balaban J connectivity index is 1.97. The second kappa shape index (κ2) is 6.49. The fraction of sp³-hybridized carbons (Fsp3) is 0.263. The molecule has 1 aliphatic heterocycles. The number of hydrogen-bond acceptors (Lipinski definition) is 2. The summed E-state index contributed by atoms with van der Waals surface area (Å²) in [5, 5.41) is 0. The number of methoxy groups -OCH3 is 1. The SMILES string of the molecule is COc1ccc(C(=Cc2ccccc2)N2CCCC2)cc1. The van der Waals surface area contributed by atoms with Gasteiger partial charge in [0.05, 0.1) is 7.11 Å². The monoisotopic (exact) mass is 279 g/mol. The maximum atomic E-state index is 5.26. The molecule has 2 aromatic carbocycles. The minimum atomic E-state index is 0.902. The fourth-order valence-corrected chi connectivity index (χ4v) is 2.78. The molecule has 1 heterocycles. The molecule has 0 N–H and O–H groups in total. The molecule has 2 heteroatoms. The lowest BCUT2D eigenvalue weighted by molar-refractivity contribution is 0.414. The molecule has 2 aromatic rings. The maximum absolute atomic E-state index is 5.26. The number of nitrogens with zero attached hydrogens (tertiary/aromatic N) is 1.